The highest BCUT2D eigenvalue weighted by Gasteiger charge is 2.20. The number of hydrogen-bond donors (Lipinski definition) is 2. The van der Waals surface area contributed by atoms with Crippen molar-refractivity contribution in [2.45, 2.75) is 50.2 Å². The standard InChI is InChI=1S/C16H23ClN2O4S/c1-11(2)19-24(21,22)13-5-6-15(17)14(10-13)16(20)18-8-7-12-4-3-9-23-12/h5-6,10-12,19H,3-4,7-9H2,1-2H3,(H,18,20). The zero-order valence-corrected chi connectivity index (χ0v) is 15.4. The summed E-state index contributed by atoms with van der Waals surface area (Å²) in [6.07, 6.45) is 2.97. The molecule has 0 aliphatic carbocycles. The fourth-order valence-corrected chi connectivity index (χ4v) is 4.02. The van der Waals surface area contributed by atoms with Crippen LogP contribution < -0.4 is 10.0 Å². The van der Waals surface area contributed by atoms with Crippen molar-refractivity contribution in [1.82, 2.24) is 10.0 Å². The molecule has 0 aromatic heterocycles. The van der Waals surface area contributed by atoms with E-state index in [1.807, 2.05) is 0 Å². The predicted molar refractivity (Wildman–Crippen MR) is 92.8 cm³/mol. The van der Waals surface area contributed by atoms with E-state index in [0.717, 1.165) is 25.9 Å². The Balaban J connectivity index is 2.05. The van der Waals surface area contributed by atoms with E-state index >= 15 is 0 Å². The molecule has 2 N–H and O–H groups in total. The summed E-state index contributed by atoms with van der Waals surface area (Å²) >= 11 is 6.05. The van der Waals surface area contributed by atoms with Gasteiger partial charge in [-0.3, -0.25) is 4.79 Å². The molecule has 8 heteroatoms. The van der Waals surface area contributed by atoms with Gasteiger partial charge in [-0.15, -0.1) is 0 Å². The number of ether oxygens (including phenoxy) is 1. The van der Waals surface area contributed by atoms with Gasteiger partial charge in [0.1, 0.15) is 0 Å². The van der Waals surface area contributed by atoms with E-state index < -0.39 is 10.0 Å². The molecule has 134 valence electrons. The summed E-state index contributed by atoms with van der Waals surface area (Å²) in [5.41, 5.74) is 0.149. The maximum absolute atomic E-state index is 12.3. The summed E-state index contributed by atoms with van der Waals surface area (Å²) in [6.45, 7) is 4.69. The van der Waals surface area contributed by atoms with Crippen molar-refractivity contribution in [3.8, 4) is 0 Å². The van der Waals surface area contributed by atoms with E-state index in [1.54, 1.807) is 13.8 Å². The second kappa shape index (κ2) is 8.29. The molecule has 1 aliphatic heterocycles. The Kier molecular flexibility index (Phi) is 6.62. The summed E-state index contributed by atoms with van der Waals surface area (Å²) in [6, 6.07) is 3.87. The van der Waals surface area contributed by atoms with Crippen LogP contribution in [0.3, 0.4) is 0 Å². The zero-order chi connectivity index (χ0) is 17.7. The molecule has 1 fully saturated rings. The van der Waals surface area contributed by atoms with Gasteiger partial charge < -0.3 is 10.1 Å². The lowest BCUT2D eigenvalue weighted by molar-refractivity contribution is 0.0907. The van der Waals surface area contributed by atoms with Crippen molar-refractivity contribution in [3.05, 3.63) is 28.8 Å². The third kappa shape index (κ3) is 5.17. The van der Waals surface area contributed by atoms with E-state index in [4.69, 9.17) is 16.3 Å². The molecule has 6 nitrogen and oxygen atoms in total. The van der Waals surface area contributed by atoms with Crippen LogP contribution in [0.2, 0.25) is 5.02 Å². The zero-order valence-electron chi connectivity index (χ0n) is 13.8. The van der Waals surface area contributed by atoms with Gasteiger partial charge in [-0.25, -0.2) is 13.1 Å². The van der Waals surface area contributed by atoms with E-state index in [9.17, 15) is 13.2 Å². The van der Waals surface area contributed by atoms with Gasteiger partial charge in [-0.05, 0) is 51.3 Å². The number of carbonyl (C=O) groups is 1. The Morgan fingerprint density at radius 2 is 2.17 bits per heavy atom. The highest BCUT2D eigenvalue weighted by atomic mass is 35.5. The minimum atomic E-state index is -3.67. The first-order valence-corrected chi connectivity index (χ1v) is 9.87. The van der Waals surface area contributed by atoms with E-state index in [2.05, 4.69) is 10.0 Å². The van der Waals surface area contributed by atoms with Crippen molar-refractivity contribution in [1.29, 1.82) is 0 Å². The van der Waals surface area contributed by atoms with Crippen molar-refractivity contribution in [2.24, 2.45) is 0 Å². The van der Waals surface area contributed by atoms with E-state index in [-0.39, 0.29) is 33.5 Å². The predicted octanol–water partition coefficient (Wildman–Crippen LogP) is 2.33. The Bertz CT molecular complexity index is 685. The molecule has 2 rings (SSSR count). The van der Waals surface area contributed by atoms with Crippen LogP contribution in [0, 0.1) is 0 Å². The smallest absolute Gasteiger partial charge is 0.252 e. The van der Waals surface area contributed by atoms with Gasteiger partial charge in [0.2, 0.25) is 10.0 Å². The number of benzene rings is 1. The molecule has 1 unspecified atom stereocenters. The summed E-state index contributed by atoms with van der Waals surface area (Å²) in [7, 11) is -3.67. The largest absolute Gasteiger partial charge is 0.378 e. The Morgan fingerprint density at radius 3 is 2.79 bits per heavy atom. The molecule has 1 atom stereocenters. The number of sulfonamides is 1. The summed E-state index contributed by atoms with van der Waals surface area (Å²) < 4.78 is 32.4. The van der Waals surface area contributed by atoms with Gasteiger partial charge in [-0.1, -0.05) is 11.6 Å². The topological polar surface area (TPSA) is 84.5 Å². The highest BCUT2D eigenvalue weighted by Crippen LogP contribution is 2.21. The number of hydrogen-bond acceptors (Lipinski definition) is 4. The van der Waals surface area contributed by atoms with Crippen LogP contribution in [0.25, 0.3) is 0 Å². The first-order valence-electron chi connectivity index (χ1n) is 8.01. The van der Waals surface area contributed by atoms with Crippen LogP contribution in [-0.4, -0.2) is 39.6 Å². The normalized spacial score (nSPS) is 18.1. The second-order valence-electron chi connectivity index (χ2n) is 6.10. The molecule has 0 spiro atoms. The lowest BCUT2D eigenvalue weighted by atomic mass is 10.1. The molecule has 1 saturated heterocycles. The van der Waals surface area contributed by atoms with Crippen LogP contribution in [0.15, 0.2) is 23.1 Å². The summed E-state index contributed by atoms with van der Waals surface area (Å²) in [5.74, 6) is -0.389. The monoisotopic (exact) mass is 374 g/mol. The molecule has 1 aromatic rings. The molecule has 1 aliphatic rings. The van der Waals surface area contributed by atoms with Gasteiger partial charge >= 0.3 is 0 Å². The quantitative estimate of drug-likeness (QED) is 0.767. The molecule has 1 amide bonds. The van der Waals surface area contributed by atoms with Gasteiger partial charge in [0, 0.05) is 19.2 Å². The third-order valence-corrected chi connectivity index (χ3v) is 5.65. The molecule has 24 heavy (non-hydrogen) atoms. The minimum Gasteiger partial charge on any atom is -0.378 e. The average molecular weight is 375 g/mol. The van der Waals surface area contributed by atoms with Crippen molar-refractivity contribution in [3.63, 3.8) is 0 Å². The van der Waals surface area contributed by atoms with Crippen molar-refractivity contribution >= 4 is 27.5 Å². The van der Waals surface area contributed by atoms with Crippen LogP contribution in [-0.2, 0) is 14.8 Å². The Labute approximate surface area is 148 Å². The Hall–Kier alpha value is -1.15. The number of amides is 1. The first kappa shape index (κ1) is 19.2. The summed E-state index contributed by atoms with van der Waals surface area (Å²) in [5, 5.41) is 2.98. The van der Waals surface area contributed by atoms with Crippen LogP contribution in [0.5, 0.6) is 0 Å². The third-order valence-electron chi connectivity index (χ3n) is 3.66. The number of carbonyl (C=O) groups excluding carboxylic acids is 1. The molecular weight excluding hydrogens is 352 g/mol. The first-order chi connectivity index (χ1) is 11.3. The molecule has 0 bridgehead atoms. The molecule has 0 radical (unpaired) electrons. The van der Waals surface area contributed by atoms with E-state index in [1.165, 1.54) is 18.2 Å². The lowest BCUT2D eigenvalue weighted by Crippen LogP contribution is -2.31. The van der Waals surface area contributed by atoms with Gasteiger partial charge in [0.25, 0.3) is 5.91 Å². The molecule has 1 heterocycles. The Morgan fingerprint density at radius 1 is 1.42 bits per heavy atom. The second-order valence-corrected chi connectivity index (χ2v) is 8.22. The van der Waals surface area contributed by atoms with Crippen LogP contribution in [0.1, 0.15) is 43.5 Å². The number of halogens is 1. The fourth-order valence-electron chi connectivity index (χ4n) is 2.54. The molecular formula is C16H23ClN2O4S. The molecule has 0 saturated carbocycles. The van der Waals surface area contributed by atoms with Crippen molar-refractivity contribution in [2.75, 3.05) is 13.2 Å². The van der Waals surface area contributed by atoms with Crippen LogP contribution >= 0.6 is 11.6 Å². The fraction of sp³-hybridized carbons (Fsp3) is 0.562. The SMILES string of the molecule is CC(C)NS(=O)(=O)c1ccc(Cl)c(C(=O)NCCC2CCCO2)c1. The molecule has 1 aromatic carbocycles. The summed E-state index contributed by atoms with van der Waals surface area (Å²) in [4.78, 5) is 12.3. The van der Waals surface area contributed by atoms with Crippen molar-refractivity contribution < 1.29 is 17.9 Å². The maximum Gasteiger partial charge on any atom is 0.252 e. The van der Waals surface area contributed by atoms with Gasteiger partial charge in [0.05, 0.1) is 21.6 Å². The van der Waals surface area contributed by atoms with Gasteiger partial charge in [-0.2, -0.15) is 0 Å². The van der Waals surface area contributed by atoms with Crippen LogP contribution in [0.4, 0.5) is 0 Å². The average Bonchev–Trinajstić information content (AvgIpc) is 2.99. The number of rotatable bonds is 7. The highest BCUT2D eigenvalue weighted by molar-refractivity contribution is 7.89. The maximum atomic E-state index is 12.3. The number of nitrogens with one attached hydrogen (secondary N) is 2. The van der Waals surface area contributed by atoms with E-state index in [0.29, 0.717) is 6.54 Å². The minimum absolute atomic E-state index is 0.0184. The lowest BCUT2D eigenvalue weighted by Gasteiger charge is -2.13. The van der Waals surface area contributed by atoms with Gasteiger partial charge in [0.15, 0.2) is 0 Å².